The first kappa shape index (κ1) is 22.2. The number of benzene rings is 1. The van der Waals surface area contributed by atoms with Gasteiger partial charge in [0, 0.05) is 37.8 Å². The molecule has 0 atom stereocenters. The third-order valence-electron chi connectivity index (χ3n) is 5.13. The Morgan fingerprint density at radius 2 is 1.93 bits per heavy atom. The van der Waals surface area contributed by atoms with Crippen molar-refractivity contribution in [2.45, 2.75) is 52.1 Å². The normalized spacial score (nSPS) is 15.1. The molecule has 0 bridgehead atoms. The number of carbonyl (C=O) groups is 1. The van der Waals surface area contributed by atoms with Gasteiger partial charge in [-0.1, -0.05) is 19.1 Å². The number of anilines is 2. The van der Waals surface area contributed by atoms with Gasteiger partial charge in [0.25, 0.3) is 0 Å². The molecule has 3 rings (SSSR count). The van der Waals surface area contributed by atoms with Crippen LogP contribution < -0.4 is 20.9 Å². The summed E-state index contributed by atoms with van der Waals surface area (Å²) in [4.78, 5) is 18.9. The minimum absolute atomic E-state index is 0.0621. The highest BCUT2D eigenvalue weighted by molar-refractivity contribution is 7.14. The number of nitrogens with zero attached hydrogens (tertiary/aromatic N) is 2. The summed E-state index contributed by atoms with van der Waals surface area (Å²) in [7, 11) is 0. The number of rotatable bonds is 8. The Hall–Kier alpha value is -2.54. The van der Waals surface area contributed by atoms with Gasteiger partial charge in [-0.05, 0) is 61.4 Å². The molecule has 1 aromatic heterocycles. The highest BCUT2D eigenvalue weighted by atomic mass is 32.1. The summed E-state index contributed by atoms with van der Waals surface area (Å²) in [5.74, 6) is 0.930. The van der Waals surface area contributed by atoms with Crippen LogP contribution in [0.5, 0.6) is 0 Å². The van der Waals surface area contributed by atoms with Crippen LogP contribution in [0.15, 0.2) is 46.8 Å². The van der Waals surface area contributed by atoms with E-state index in [1.54, 1.807) is 0 Å². The predicted octanol–water partition coefficient (Wildman–Crippen LogP) is 4.21. The molecule has 3 N–H and O–H groups in total. The molecule has 0 radical (unpaired) electrons. The molecule has 2 aromatic rings. The molecule has 7 heteroatoms. The molecular formula is C23H33N5OS. The average molecular weight is 428 g/mol. The summed E-state index contributed by atoms with van der Waals surface area (Å²) in [5, 5.41) is 13.4. The third kappa shape index (κ3) is 6.76. The van der Waals surface area contributed by atoms with Gasteiger partial charge >= 0.3 is 0 Å². The van der Waals surface area contributed by atoms with E-state index in [2.05, 4.69) is 45.3 Å². The smallest absolute Gasteiger partial charge is 0.224 e. The van der Waals surface area contributed by atoms with Crippen molar-refractivity contribution in [3.8, 4) is 0 Å². The minimum atomic E-state index is 0.0621. The van der Waals surface area contributed by atoms with Crippen molar-refractivity contribution in [3.05, 3.63) is 47.3 Å². The van der Waals surface area contributed by atoms with Crippen LogP contribution in [0.2, 0.25) is 0 Å². The third-order valence-corrected chi connectivity index (χ3v) is 6.06. The molecule has 1 fully saturated rings. The van der Waals surface area contributed by atoms with Crippen molar-refractivity contribution in [2.24, 2.45) is 4.99 Å². The second kappa shape index (κ2) is 11.6. The quantitative estimate of drug-likeness (QED) is 0.436. The van der Waals surface area contributed by atoms with Crippen molar-refractivity contribution in [1.82, 2.24) is 10.6 Å². The number of piperidine rings is 1. The van der Waals surface area contributed by atoms with Crippen LogP contribution in [-0.2, 0) is 11.3 Å². The Bertz CT molecular complexity index is 796. The zero-order valence-electron chi connectivity index (χ0n) is 18.0. The van der Waals surface area contributed by atoms with Gasteiger partial charge in [-0.15, -0.1) is 11.3 Å². The molecule has 2 heterocycles. The van der Waals surface area contributed by atoms with Crippen LogP contribution >= 0.6 is 11.3 Å². The van der Waals surface area contributed by atoms with Gasteiger partial charge in [-0.2, -0.15) is 0 Å². The Morgan fingerprint density at radius 3 is 2.57 bits per heavy atom. The highest BCUT2D eigenvalue weighted by Gasteiger charge is 2.20. The van der Waals surface area contributed by atoms with E-state index in [0.29, 0.717) is 19.0 Å². The van der Waals surface area contributed by atoms with Crippen molar-refractivity contribution in [2.75, 3.05) is 29.9 Å². The van der Waals surface area contributed by atoms with E-state index in [9.17, 15) is 4.79 Å². The standard InChI is InChI=1S/C23H33N5OS/c1-3-6-21(29)26-19-10-8-18(9-11-19)17-25-23(24-4-2)27-20-12-14-28(15-13-20)22-7-5-16-30-22/h5,7-11,16,20H,3-4,6,12-15,17H2,1-2H3,(H,26,29)(H2,24,25,27). The maximum Gasteiger partial charge on any atom is 0.224 e. The van der Waals surface area contributed by atoms with Crippen LogP contribution in [0, 0.1) is 0 Å². The second-order valence-corrected chi connectivity index (χ2v) is 8.47. The molecule has 1 aliphatic heterocycles. The number of amides is 1. The number of guanidine groups is 1. The molecule has 1 aliphatic rings. The largest absolute Gasteiger partial charge is 0.363 e. The molecule has 0 unspecified atom stereocenters. The van der Waals surface area contributed by atoms with Crippen LogP contribution in [0.4, 0.5) is 10.7 Å². The summed E-state index contributed by atoms with van der Waals surface area (Å²) in [6.07, 6.45) is 3.62. The molecule has 30 heavy (non-hydrogen) atoms. The van der Waals surface area contributed by atoms with Gasteiger partial charge in [0.05, 0.1) is 11.5 Å². The lowest BCUT2D eigenvalue weighted by Gasteiger charge is -2.33. The summed E-state index contributed by atoms with van der Waals surface area (Å²) < 4.78 is 0. The van der Waals surface area contributed by atoms with Crippen LogP contribution in [0.25, 0.3) is 0 Å². The van der Waals surface area contributed by atoms with Crippen molar-refractivity contribution in [3.63, 3.8) is 0 Å². The fourth-order valence-corrected chi connectivity index (χ4v) is 4.31. The summed E-state index contributed by atoms with van der Waals surface area (Å²) >= 11 is 1.81. The lowest BCUT2D eigenvalue weighted by atomic mass is 10.1. The lowest BCUT2D eigenvalue weighted by molar-refractivity contribution is -0.116. The molecule has 1 saturated heterocycles. The number of aliphatic imine (C=N–C) groups is 1. The molecular weight excluding hydrogens is 394 g/mol. The SMILES string of the molecule is CCCC(=O)Nc1ccc(CN=C(NCC)NC2CCN(c3cccs3)CC2)cc1. The van der Waals surface area contributed by atoms with Gasteiger partial charge in [0.15, 0.2) is 5.96 Å². The first-order valence-electron chi connectivity index (χ1n) is 10.9. The monoisotopic (exact) mass is 427 g/mol. The number of carbonyl (C=O) groups excluding carboxylic acids is 1. The van der Waals surface area contributed by atoms with Crippen LogP contribution in [-0.4, -0.2) is 37.5 Å². The van der Waals surface area contributed by atoms with E-state index < -0.39 is 0 Å². The molecule has 1 amide bonds. The fraction of sp³-hybridized carbons (Fsp3) is 0.478. The van der Waals surface area contributed by atoms with Crippen molar-refractivity contribution >= 4 is 33.9 Å². The first-order chi connectivity index (χ1) is 14.7. The Kier molecular flexibility index (Phi) is 8.56. The van der Waals surface area contributed by atoms with E-state index in [4.69, 9.17) is 4.99 Å². The van der Waals surface area contributed by atoms with Gasteiger partial charge in [-0.25, -0.2) is 4.99 Å². The Balaban J connectivity index is 1.50. The molecule has 162 valence electrons. The first-order valence-corrected chi connectivity index (χ1v) is 11.8. The molecule has 6 nitrogen and oxygen atoms in total. The second-order valence-electron chi connectivity index (χ2n) is 7.55. The zero-order valence-corrected chi connectivity index (χ0v) is 18.8. The van der Waals surface area contributed by atoms with Gasteiger partial charge in [0.1, 0.15) is 0 Å². The van der Waals surface area contributed by atoms with E-state index >= 15 is 0 Å². The van der Waals surface area contributed by atoms with Crippen molar-refractivity contribution in [1.29, 1.82) is 0 Å². The van der Waals surface area contributed by atoms with E-state index in [-0.39, 0.29) is 5.91 Å². The summed E-state index contributed by atoms with van der Waals surface area (Å²) in [6, 6.07) is 12.7. The number of nitrogens with one attached hydrogen (secondary N) is 3. The van der Waals surface area contributed by atoms with Crippen molar-refractivity contribution < 1.29 is 4.79 Å². The number of hydrogen-bond donors (Lipinski definition) is 3. The zero-order chi connectivity index (χ0) is 21.2. The molecule has 0 spiro atoms. The van der Waals surface area contributed by atoms with Gasteiger partial charge in [0.2, 0.25) is 5.91 Å². The maximum absolute atomic E-state index is 11.7. The molecule has 1 aromatic carbocycles. The van der Waals surface area contributed by atoms with Crippen LogP contribution in [0.1, 0.15) is 45.1 Å². The summed E-state index contributed by atoms with van der Waals surface area (Å²) in [6.45, 7) is 7.68. The number of hydrogen-bond acceptors (Lipinski definition) is 4. The summed E-state index contributed by atoms with van der Waals surface area (Å²) in [5.41, 5.74) is 1.96. The van der Waals surface area contributed by atoms with E-state index in [0.717, 1.165) is 56.1 Å². The number of thiophene rings is 1. The highest BCUT2D eigenvalue weighted by Crippen LogP contribution is 2.24. The van der Waals surface area contributed by atoms with Gasteiger partial charge in [-0.3, -0.25) is 4.79 Å². The predicted molar refractivity (Wildman–Crippen MR) is 127 cm³/mol. The van der Waals surface area contributed by atoms with Gasteiger partial charge < -0.3 is 20.9 Å². The average Bonchev–Trinajstić information content (AvgIpc) is 3.29. The van der Waals surface area contributed by atoms with E-state index in [1.807, 2.05) is 42.5 Å². The Morgan fingerprint density at radius 1 is 1.17 bits per heavy atom. The fourth-order valence-electron chi connectivity index (χ4n) is 3.52. The minimum Gasteiger partial charge on any atom is -0.363 e. The topological polar surface area (TPSA) is 68.8 Å². The maximum atomic E-state index is 11.7. The molecule has 0 aliphatic carbocycles. The molecule has 0 saturated carbocycles. The van der Waals surface area contributed by atoms with E-state index in [1.165, 1.54) is 5.00 Å². The van der Waals surface area contributed by atoms with Crippen LogP contribution in [0.3, 0.4) is 0 Å². The lowest BCUT2D eigenvalue weighted by Crippen LogP contribution is -2.48. The Labute approximate surface area is 183 Å².